The Kier molecular flexibility index (Phi) is 8.75. The van der Waals surface area contributed by atoms with Crippen LogP contribution in [0.25, 0.3) is 16.9 Å². The molecule has 1 aromatic carbocycles. The maximum Gasteiger partial charge on any atom is 0.254 e. The number of benzene rings is 1. The van der Waals surface area contributed by atoms with E-state index in [1.54, 1.807) is 29.2 Å². The SMILES string of the molecule is C[C@@H]1CCC[C@H](n2cnc(-c3cc(Cl)ccc3-n3cnnn3)cc2=O)C2CC(CCN2)C2C(CNN2CCO)NC1. The number of halogens is 1. The Bertz CT molecular complexity index is 1370. The van der Waals surface area contributed by atoms with Gasteiger partial charge in [0.15, 0.2) is 0 Å². The average Bonchev–Trinajstić information content (AvgIpc) is 3.65. The van der Waals surface area contributed by atoms with Crippen LogP contribution in [-0.2, 0) is 0 Å². The molecular formula is C28H39ClN10O2. The first-order valence-electron chi connectivity index (χ1n) is 14.7. The van der Waals surface area contributed by atoms with Crippen molar-refractivity contribution < 1.29 is 5.11 Å². The molecule has 6 atom stereocenters. The summed E-state index contributed by atoms with van der Waals surface area (Å²) in [5.41, 5.74) is 5.37. The predicted molar refractivity (Wildman–Crippen MR) is 156 cm³/mol. The summed E-state index contributed by atoms with van der Waals surface area (Å²) in [5.74, 6) is 0.964. The minimum Gasteiger partial charge on any atom is -0.395 e. The van der Waals surface area contributed by atoms with Crippen LogP contribution >= 0.6 is 11.6 Å². The highest BCUT2D eigenvalue weighted by atomic mass is 35.5. The zero-order chi connectivity index (χ0) is 28.3. The topological polar surface area (TPSA) is 138 Å². The van der Waals surface area contributed by atoms with Gasteiger partial charge in [-0.2, -0.15) is 4.68 Å². The van der Waals surface area contributed by atoms with Crippen molar-refractivity contribution in [1.29, 1.82) is 0 Å². The van der Waals surface area contributed by atoms with E-state index >= 15 is 0 Å². The van der Waals surface area contributed by atoms with Crippen LogP contribution < -0.4 is 21.6 Å². The van der Waals surface area contributed by atoms with Gasteiger partial charge in [0, 0.05) is 47.9 Å². The summed E-state index contributed by atoms with van der Waals surface area (Å²) < 4.78 is 3.37. The number of aromatic nitrogens is 6. The molecule has 3 aliphatic rings. The largest absolute Gasteiger partial charge is 0.395 e. The van der Waals surface area contributed by atoms with Gasteiger partial charge in [-0.1, -0.05) is 24.9 Å². The van der Waals surface area contributed by atoms with Gasteiger partial charge in [0.1, 0.15) is 6.33 Å². The Morgan fingerprint density at radius 3 is 2.80 bits per heavy atom. The molecule has 2 aromatic heterocycles. The van der Waals surface area contributed by atoms with Crippen molar-refractivity contribution >= 4 is 11.6 Å². The number of piperidine rings is 1. The quantitative estimate of drug-likeness (QED) is 0.349. The maximum absolute atomic E-state index is 13.8. The Balaban J connectivity index is 1.32. The van der Waals surface area contributed by atoms with E-state index in [9.17, 15) is 9.90 Å². The standard InChI is InChI=1S/C28H39ClN10O2/c1-18-3-2-4-26(23-11-19(7-8-30-23)28-24(31-14-18)15-34-38(28)9-10-40)37-16-32-22(13-27(37)41)21-12-20(29)5-6-25(21)39-17-33-35-36-39/h5-6,12-13,16-19,23-24,26,28,30-31,34,40H,2-4,7-11,14-15H2,1H3/t18-,19?,23?,24?,26+,28?/m1/s1. The van der Waals surface area contributed by atoms with Gasteiger partial charge in [-0.05, 0) is 79.2 Å². The van der Waals surface area contributed by atoms with E-state index in [4.69, 9.17) is 16.6 Å². The number of tetrazole rings is 1. The number of β-amino-alcohol motifs (C(OH)–C–C–N with tert-alkyl or cyclic N) is 1. The lowest BCUT2D eigenvalue weighted by Crippen LogP contribution is -2.55. The van der Waals surface area contributed by atoms with Crippen LogP contribution in [0.2, 0.25) is 5.02 Å². The monoisotopic (exact) mass is 582 g/mol. The molecule has 0 radical (unpaired) electrons. The minimum atomic E-state index is -0.0873. The molecule has 4 unspecified atom stereocenters. The third-order valence-corrected chi connectivity index (χ3v) is 9.24. The summed E-state index contributed by atoms with van der Waals surface area (Å²) in [6, 6.07) is 7.74. The number of hydrazine groups is 1. The molecule has 220 valence electrons. The van der Waals surface area contributed by atoms with E-state index in [1.807, 2.05) is 10.6 Å². The van der Waals surface area contributed by atoms with Crippen molar-refractivity contribution in [2.45, 2.75) is 63.2 Å². The Morgan fingerprint density at radius 2 is 2.00 bits per heavy atom. The fourth-order valence-electron chi connectivity index (χ4n) is 7.01. The number of rotatable bonds is 5. The first-order chi connectivity index (χ1) is 20.0. The first kappa shape index (κ1) is 28.4. The van der Waals surface area contributed by atoms with Gasteiger partial charge in [0.05, 0.1) is 30.4 Å². The number of nitrogens with one attached hydrogen (secondary N) is 3. The van der Waals surface area contributed by atoms with Crippen LogP contribution in [0, 0.1) is 11.8 Å². The van der Waals surface area contributed by atoms with Crippen molar-refractivity contribution in [3.8, 4) is 16.9 Å². The normalized spacial score (nSPS) is 29.4. The van der Waals surface area contributed by atoms with Crippen LogP contribution in [0.4, 0.5) is 0 Å². The number of aliphatic hydroxyl groups excluding tert-OH is 1. The molecule has 6 rings (SSSR count). The van der Waals surface area contributed by atoms with Gasteiger partial charge in [0.25, 0.3) is 5.56 Å². The lowest BCUT2D eigenvalue weighted by molar-refractivity contribution is 0.0718. The lowest BCUT2D eigenvalue weighted by atomic mass is 9.79. The molecule has 5 heterocycles. The Hall–Kier alpha value is -2.74. The molecule has 3 aliphatic heterocycles. The highest BCUT2D eigenvalue weighted by molar-refractivity contribution is 6.31. The van der Waals surface area contributed by atoms with Crippen LogP contribution in [0.15, 0.2) is 41.7 Å². The zero-order valence-corrected chi connectivity index (χ0v) is 24.1. The van der Waals surface area contributed by atoms with Crippen molar-refractivity contribution in [2.75, 3.05) is 32.8 Å². The van der Waals surface area contributed by atoms with E-state index in [1.165, 1.54) is 6.33 Å². The van der Waals surface area contributed by atoms with E-state index < -0.39 is 0 Å². The van der Waals surface area contributed by atoms with Gasteiger partial charge < -0.3 is 15.7 Å². The molecule has 3 fully saturated rings. The van der Waals surface area contributed by atoms with Crippen molar-refractivity contribution in [3.05, 3.63) is 52.3 Å². The molecule has 0 aliphatic carbocycles. The van der Waals surface area contributed by atoms with Gasteiger partial charge in [-0.3, -0.25) is 14.8 Å². The first-order valence-corrected chi connectivity index (χ1v) is 15.1. The molecule has 12 nitrogen and oxygen atoms in total. The van der Waals surface area contributed by atoms with Gasteiger partial charge in [0.2, 0.25) is 0 Å². The summed E-state index contributed by atoms with van der Waals surface area (Å²) in [6.45, 7) is 5.77. The van der Waals surface area contributed by atoms with E-state index in [0.717, 1.165) is 51.7 Å². The summed E-state index contributed by atoms with van der Waals surface area (Å²) in [4.78, 5) is 18.5. The molecule has 13 heteroatoms. The van der Waals surface area contributed by atoms with E-state index in [-0.39, 0.29) is 24.2 Å². The lowest BCUT2D eigenvalue weighted by Gasteiger charge is -2.42. The van der Waals surface area contributed by atoms with Crippen LogP contribution in [0.3, 0.4) is 0 Å². The highest BCUT2D eigenvalue weighted by Gasteiger charge is 2.42. The number of hydrogen-bond donors (Lipinski definition) is 4. The molecular weight excluding hydrogens is 544 g/mol. The number of aliphatic hydroxyl groups is 1. The number of fused-ring (bicyclic) bond motifs is 4. The number of nitrogens with zero attached hydrogens (tertiary/aromatic N) is 7. The summed E-state index contributed by atoms with van der Waals surface area (Å²) in [6.07, 6.45) is 8.24. The van der Waals surface area contributed by atoms with E-state index in [2.05, 4.69) is 43.5 Å². The minimum absolute atomic E-state index is 0.0103. The van der Waals surface area contributed by atoms with Gasteiger partial charge in [-0.15, -0.1) is 5.10 Å². The second-order valence-electron chi connectivity index (χ2n) is 11.7. The smallest absolute Gasteiger partial charge is 0.254 e. The van der Waals surface area contributed by atoms with E-state index in [0.29, 0.717) is 52.4 Å². The van der Waals surface area contributed by atoms with Gasteiger partial charge >= 0.3 is 0 Å². The molecule has 3 aromatic rings. The summed E-state index contributed by atoms with van der Waals surface area (Å²) in [5, 5.41) is 31.6. The molecule has 0 amide bonds. The second-order valence-corrected chi connectivity index (χ2v) is 12.1. The Morgan fingerprint density at radius 1 is 1.10 bits per heavy atom. The molecule has 2 bridgehead atoms. The van der Waals surface area contributed by atoms with Crippen LogP contribution in [0.5, 0.6) is 0 Å². The number of hydrogen-bond acceptors (Lipinski definition) is 10. The zero-order valence-electron chi connectivity index (χ0n) is 23.4. The highest BCUT2D eigenvalue weighted by Crippen LogP contribution is 2.34. The van der Waals surface area contributed by atoms with Crippen molar-refractivity contribution in [3.63, 3.8) is 0 Å². The fourth-order valence-corrected chi connectivity index (χ4v) is 7.18. The van der Waals surface area contributed by atoms with Crippen molar-refractivity contribution in [1.82, 2.24) is 50.8 Å². The maximum atomic E-state index is 13.8. The average molecular weight is 583 g/mol. The molecule has 4 N–H and O–H groups in total. The van der Waals surface area contributed by atoms with Crippen LogP contribution in [0.1, 0.15) is 45.1 Å². The summed E-state index contributed by atoms with van der Waals surface area (Å²) in [7, 11) is 0. The van der Waals surface area contributed by atoms with Gasteiger partial charge in [-0.25, -0.2) is 9.99 Å². The molecule has 41 heavy (non-hydrogen) atoms. The molecule has 3 saturated heterocycles. The molecule has 0 saturated carbocycles. The predicted octanol–water partition coefficient (Wildman–Crippen LogP) is 1.41. The second kappa shape index (κ2) is 12.6. The fraction of sp³-hybridized carbons (Fsp3) is 0.607. The molecule has 0 spiro atoms. The third kappa shape index (κ3) is 6.08. The third-order valence-electron chi connectivity index (χ3n) is 9.00. The Labute approximate surface area is 244 Å². The van der Waals surface area contributed by atoms with Crippen LogP contribution in [-0.4, -0.2) is 90.8 Å². The summed E-state index contributed by atoms with van der Waals surface area (Å²) >= 11 is 6.34. The van der Waals surface area contributed by atoms with Crippen molar-refractivity contribution in [2.24, 2.45) is 11.8 Å².